The molecule has 0 atom stereocenters. The fourth-order valence-corrected chi connectivity index (χ4v) is 4.09. The molecule has 0 heterocycles. The van der Waals surface area contributed by atoms with E-state index in [0.717, 1.165) is 25.7 Å². The van der Waals surface area contributed by atoms with Gasteiger partial charge in [-0.15, -0.1) is 0 Å². The number of esters is 1. The number of carbonyl (C=O) groups excluding carboxylic acids is 1. The quantitative estimate of drug-likeness (QED) is 0.315. The van der Waals surface area contributed by atoms with Crippen LogP contribution < -0.4 is 11.1 Å². The van der Waals surface area contributed by atoms with Gasteiger partial charge in [0.15, 0.2) is 5.96 Å². The Bertz CT molecular complexity index is 359. The molecule has 120 valence electrons. The number of guanidine groups is 1. The summed E-state index contributed by atoms with van der Waals surface area (Å²) in [5.41, 5.74) is 5.00. The van der Waals surface area contributed by atoms with E-state index in [1.807, 2.05) is 0 Å². The van der Waals surface area contributed by atoms with Gasteiger partial charge in [0.2, 0.25) is 0 Å². The van der Waals surface area contributed by atoms with Crippen LogP contribution >= 0.6 is 0 Å². The minimum absolute atomic E-state index is 0.000507. The smallest absolute Gasteiger partial charge is 0.312 e. The summed E-state index contributed by atoms with van der Waals surface area (Å²) in [6, 6.07) is 0. The van der Waals surface area contributed by atoms with Crippen molar-refractivity contribution < 1.29 is 9.53 Å². The zero-order chi connectivity index (χ0) is 15.1. The van der Waals surface area contributed by atoms with E-state index < -0.39 is 0 Å². The highest BCUT2D eigenvalue weighted by Gasteiger charge is 2.47. The summed E-state index contributed by atoms with van der Waals surface area (Å²) in [7, 11) is 0. The second-order valence-corrected chi connectivity index (χ2v) is 6.53. The van der Waals surface area contributed by atoms with Crippen molar-refractivity contribution in [2.45, 2.75) is 64.2 Å². The Kier molecular flexibility index (Phi) is 5.88. The van der Waals surface area contributed by atoms with Gasteiger partial charge in [0.05, 0.1) is 12.0 Å². The van der Waals surface area contributed by atoms with Crippen LogP contribution in [0.15, 0.2) is 0 Å². The number of nitrogens with one attached hydrogen (secondary N) is 2. The molecule has 0 spiro atoms. The third-order valence-electron chi connectivity index (χ3n) is 5.19. The Hall–Kier alpha value is -1.26. The van der Waals surface area contributed by atoms with Crippen LogP contribution in [0.25, 0.3) is 0 Å². The van der Waals surface area contributed by atoms with E-state index in [2.05, 4.69) is 5.32 Å². The summed E-state index contributed by atoms with van der Waals surface area (Å²) in [5.74, 6) is 0.435. The third-order valence-corrected chi connectivity index (χ3v) is 5.19. The van der Waals surface area contributed by atoms with E-state index >= 15 is 0 Å². The van der Waals surface area contributed by atoms with Crippen molar-refractivity contribution in [3.8, 4) is 0 Å². The number of hydrogen-bond donors (Lipinski definition) is 3. The van der Waals surface area contributed by atoms with Crippen LogP contribution in [0.3, 0.4) is 0 Å². The standard InChI is InChI=1S/C16H29N3O2/c17-15(18)19-11-12-21-14(20)16(9-5-2-6-10-16)13-7-3-1-4-8-13/h13H,1-12H2,(H4,17,18,19). The molecular formula is C16H29N3O2. The maximum atomic E-state index is 12.7. The minimum Gasteiger partial charge on any atom is -0.463 e. The Morgan fingerprint density at radius 2 is 1.76 bits per heavy atom. The first-order valence-corrected chi connectivity index (χ1v) is 8.40. The monoisotopic (exact) mass is 295 g/mol. The summed E-state index contributed by atoms with van der Waals surface area (Å²) in [5, 5.41) is 9.78. The van der Waals surface area contributed by atoms with Crippen LogP contribution in [0.2, 0.25) is 0 Å². The van der Waals surface area contributed by atoms with Crippen LogP contribution in [0.1, 0.15) is 64.2 Å². The van der Waals surface area contributed by atoms with Gasteiger partial charge in [-0.2, -0.15) is 0 Å². The molecule has 0 saturated heterocycles. The van der Waals surface area contributed by atoms with Gasteiger partial charge in [-0.05, 0) is 31.6 Å². The Morgan fingerprint density at radius 1 is 1.14 bits per heavy atom. The highest BCUT2D eigenvalue weighted by Crippen LogP contribution is 2.49. The normalized spacial score (nSPS) is 22.5. The second kappa shape index (κ2) is 7.66. The Balaban J connectivity index is 1.94. The minimum atomic E-state index is -0.227. The van der Waals surface area contributed by atoms with Gasteiger partial charge in [-0.25, -0.2) is 0 Å². The van der Waals surface area contributed by atoms with Crippen molar-refractivity contribution in [3.05, 3.63) is 0 Å². The van der Waals surface area contributed by atoms with E-state index in [9.17, 15) is 4.79 Å². The van der Waals surface area contributed by atoms with Crippen molar-refractivity contribution in [1.29, 1.82) is 5.41 Å². The van der Waals surface area contributed by atoms with Gasteiger partial charge < -0.3 is 15.8 Å². The van der Waals surface area contributed by atoms with Gasteiger partial charge >= 0.3 is 5.97 Å². The molecule has 0 aromatic carbocycles. The molecule has 0 unspecified atom stereocenters. The molecule has 0 amide bonds. The van der Waals surface area contributed by atoms with Crippen LogP contribution in [0.4, 0.5) is 0 Å². The van der Waals surface area contributed by atoms with Crippen molar-refractivity contribution in [2.24, 2.45) is 17.1 Å². The molecule has 0 aliphatic heterocycles. The van der Waals surface area contributed by atoms with Crippen molar-refractivity contribution in [2.75, 3.05) is 13.2 Å². The summed E-state index contributed by atoms with van der Waals surface area (Å²) in [6.45, 7) is 0.717. The molecule has 4 N–H and O–H groups in total. The highest BCUT2D eigenvalue weighted by molar-refractivity contribution is 5.77. The molecule has 2 aliphatic carbocycles. The summed E-state index contributed by atoms with van der Waals surface area (Å²) in [4.78, 5) is 12.7. The molecule has 0 radical (unpaired) electrons. The van der Waals surface area contributed by atoms with Crippen molar-refractivity contribution >= 4 is 11.9 Å². The first-order chi connectivity index (χ1) is 10.1. The number of carbonyl (C=O) groups is 1. The lowest BCUT2D eigenvalue weighted by Gasteiger charge is -2.43. The van der Waals surface area contributed by atoms with E-state index in [1.165, 1.54) is 38.5 Å². The highest BCUT2D eigenvalue weighted by atomic mass is 16.5. The van der Waals surface area contributed by atoms with E-state index in [1.54, 1.807) is 0 Å². The SMILES string of the molecule is N=C(N)NCCOC(=O)C1(C2CCCCC2)CCCCC1. The third kappa shape index (κ3) is 4.11. The summed E-state index contributed by atoms with van der Waals surface area (Å²) in [6.07, 6.45) is 11.7. The molecule has 2 aliphatic rings. The van der Waals surface area contributed by atoms with Gasteiger partial charge in [0, 0.05) is 0 Å². The molecule has 2 fully saturated rings. The molecule has 0 aromatic rings. The molecule has 5 heteroatoms. The lowest BCUT2D eigenvalue weighted by Crippen LogP contribution is -2.43. The molecular weight excluding hydrogens is 266 g/mol. The number of rotatable bonds is 5. The van der Waals surface area contributed by atoms with Gasteiger partial charge in [-0.3, -0.25) is 10.2 Å². The molecule has 5 nitrogen and oxygen atoms in total. The maximum absolute atomic E-state index is 12.7. The molecule has 0 bridgehead atoms. The lowest BCUT2D eigenvalue weighted by molar-refractivity contribution is -0.163. The largest absolute Gasteiger partial charge is 0.463 e. The first-order valence-electron chi connectivity index (χ1n) is 8.40. The van der Waals surface area contributed by atoms with E-state index in [4.69, 9.17) is 15.9 Å². The fraction of sp³-hybridized carbons (Fsp3) is 0.875. The van der Waals surface area contributed by atoms with E-state index in [-0.39, 0.29) is 17.3 Å². The molecule has 2 rings (SSSR count). The second-order valence-electron chi connectivity index (χ2n) is 6.53. The van der Waals surface area contributed by atoms with Crippen LogP contribution in [-0.2, 0) is 9.53 Å². The maximum Gasteiger partial charge on any atom is 0.312 e. The van der Waals surface area contributed by atoms with Crippen molar-refractivity contribution in [1.82, 2.24) is 5.32 Å². The van der Waals surface area contributed by atoms with Crippen LogP contribution in [0, 0.1) is 16.7 Å². The average Bonchev–Trinajstić information content (AvgIpc) is 2.52. The first kappa shape index (κ1) is 16.1. The topological polar surface area (TPSA) is 88.2 Å². The van der Waals surface area contributed by atoms with Gasteiger partial charge in [-0.1, -0.05) is 38.5 Å². The number of nitrogens with two attached hydrogens (primary N) is 1. The molecule has 0 aromatic heterocycles. The summed E-state index contributed by atoms with van der Waals surface area (Å²) < 4.78 is 5.53. The van der Waals surface area contributed by atoms with Crippen LogP contribution in [0.5, 0.6) is 0 Å². The average molecular weight is 295 g/mol. The van der Waals surface area contributed by atoms with Gasteiger partial charge in [0.1, 0.15) is 6.61 Å². The van der Waals surface area contributed by atoms with Crippen LogP contribution in [-0.4, -0.2) is 25.1 Å². The van der Waals surface area contributed by atoms with Gasteiger partial charge in [0.25, 0.3) is 0 Å². The van der Waals surface area contributed by atoms with Crippen molar-refractivity contribution in [3.63, 3.8) is 0 Å². The zero-order valence-electron chi connectivity index (χ0n) is 13.0. The fourth-order valence-electron chi connectivity index (χ4n) is 4.09. The van der Waals surface area contributed by atoms with E-state index in [0.29, 0.717) is 19.1 Å². The molecule has 2 saturated carbocycles. The number of hydrogen-bond acceptors (Lipinski definition) is 3. The Morgan fingerprint density at radius 3 is 2.38 bits per heavy atom. The Labute approximate surface area is 127 Å². The lowest BCUT2D eigenvalue weighted by atomic mass is 9.62. The molecule has 21 heavy (non-hydrogen) atoms. The predicted molar refractivity (Wildman–Crippen MR) is 83.0 cm³/mol. The number of ether oxygens (including phenoxy) is 1. The zero-order valence-corrected chi connectivity index (χ0v) is 13.0. The summed E-state index contributed by atoms with van der Waals surface area (Å²) >= 11 is 0. The predicted octanol–water partition coefficient (Wildman–Crippen LogP) is 2.54.